The lowest BCUT2D eigenvalue weighted by atomic mass is 9.64. The molecular formula is C16H23BrO. The first-order valence-corrected chi connectivity index (χ1v) is 7.57. The summed E-state index contributed by atoms with van der Waals surface area (Å²) in [6.07, 6.45) is 3.92. The lowest BCUT2D eigenvalue weighted by Crippen LogP contribution is -2.45. The van der Waals surface area contributed by atoms with E-state index in [0.29, 0.717) is 11.3 Å². The van der Waals surface area contributed by atoms with Gasteiger partial charge in [0, 0.05) is 10.9 Å². The zero-order valence-corrected chi connectivity index (χ0v) is 13.1. The lowest BCUT2D eigenvalue weighted by Gasteiger charge is -2.45. The summed E-state index contributed by atoms with van der Waals surface area (Å²) in [6, 6.07) is 8.31. The molecule has 0 aromatic heterocycles. The standard InChI is InChI=1S/C16H23BrO/c1-12-10-15(2,3)8-9-16(12,18)11-13-4-6-14(17)7-5-13/h4-7,12,18H,8-11H2,1-3H3. The molecule has 2 heteroatoms. The Morgan fingerprint density at radius 3 is 2.39 bits per heavy atom. The first-order chi connectivity index (χ1) is 8.31. The van der Waals surface area contributed by atoms with Gasteiger partial charge in [0.05, 0.1) is 5.60 Å². The normalized spacial score (nSPS) is 31.3. The van der Waals surface area contributed by atoms with Crippen molar-refractivity contribution in [2.45, 2.75) is 52.1 Å². The molecule has 1 fully saturated rings. The van der Waals surface area contributed by atoms with E-state index in [1.807, 2.05) is 0 Å². The van der Waals surface area contributed by atoms with Crippen LogP contribution in [-0.4, -0.2) is 10.7 Å². The molecule has 1 saturated carbocycles. The highest BCUT2D eigenvalue weighted by Gasteiger charge is 2.42. The molecule has 0 spiro atoms. The van der Waals surface area contributed by atoms with Crippen molar-refractivity contribution in [2.24, 2.45) is 11.3 Å². The second-order valence-corrected chi connectivity index (χ2v) is 7.59. The third kappa shape index (κ3) is 3.16. The van der Waals surface area contributed by atoms with E-state index in [-0.39, 0.29) is 0 Å². The number of hydrogen-bond acceptors (Lipinski definition) is 1. The summed E-state index contributed by atoms with van der Waals surface area (Å²) in [5.74, 6) is 0.366. The Bertz CT molecular complexity index is 410. The summed E-state index contributed by atoms with van der Waals surface area (Å²) < 4.78 is 1.09. The molecule has 1 aromatic carbocycles. The number of benzene rings is 1. The summed E-state index contributed by atoms with van der Waals surface area (Å²) >= 11 is 3.45. The van der Waals surface area contributed by atoms with Gasteiger partial charge in [0.15, 0.2) is 0 Å². The predicted molar refractivity (Wildman–Crippen MR) is 79.6 cm³/mol. The highest BCUT2D eigenvalue weighted by atomic mass is 79.9. The van der Waals surface area contributed by atoms with E-state index in [9.17, 15) is 5.11 Å². The van der Waals surface area contributed by atoms with Crippen molar-refractivity contribution >= 4 is 15.9 Å². The van der Waals surface area contributed by atoms with Crippen LogP contribution in [0.2, 0.25) is 0 Å². The molecule has 1 aliphatic carbocycles. The van der Waals surface area contributed by atoms with Gasteiger partial charge in [-0.15, -0.1) is 0 Å². The SMILES string of the molecule is CC1CC(C)(C)CCC1(O)Cc1ccc(Br)cc1. The van der Waals surface area contributed by atoms with Crippen LogP contribution in [0.5, 0.6) is 0 Å². The summed E-state index contributed by atoms with van der Waals surface area (Å²) in [6.45, 7) is 6.81. The van der Waals surface area contributed by atoms with Crippen molar-refractivity contribution in [3.63, 3.8) is 0 Å². The van der Waals surface area contributed by atoms with Crippen LogP contribution in [0.4, 0.5) is 0 Å². The molecule has 0 saturated heterocycles. The fraction of sp³-hybridized carbons (Fsp3) is 0.625. The van der Waals surface area contributed by atoms with E-state index in [4.69, 9.17) is 0 Å². The van der Waals surface area contributed by atoms with Gasteiger partial charge in [-0.3, -0.25) is 0 Å². The Kier molecular flexibility index (Phi) is 3.89. The lowest BCUT2D eigenvalue weighted by molar-refractivity contribution is -0.0704. The molecule has 2 atom stereocenters. The van der Waals surface area contributed by atoms with Gasteiger partial charge in [0.2, 0.25) is 0 Å². The molecule has 1 N–H and O–H groups in total. The molecule has 1 nitrogen and oxygen atoms in total. The first kappa shape index (κ1) is 14.1. The maximum absolute atomic E-state index is 10.9. The molecule has 0 amide bonds. The average Bonchev–Trinajstić information content (AvgIpc) is 2.28. The van der Waals surface area contributed by atoms with Crippen LogP contribution in [0.25, 0.3) is 0 Å². The number of rotatable bonds is 2. The van der Waals surface area contributed by atoms with Gasteiger partial charge in [0.25, 0.3) is 0 Å². The summed E-state index contributed by atoms with van der Waals surface area (Å²) in [4.78, 5) is 0. The predicted octanol–water partition coefficient (Wildman–Crippen LogP) is 4.57. The maximum atomic E-state index is 10.9. The quantitative estimate of drug-likeness (QED) is 0.848. The molecule has 0 heterocycles. The Balaban J connectivity index is 2.10. The first-order valence-electron chi connectivity index (χ1n) is 6.78. The molecule has 0 radical (unpaired) electrons. The molecule has 18 heavy (non-hydrogen) atoms. The minimum atomic E-state index is -0.524. The Labute approximate surface area is 119 Å². The van der Waals surface area contributed by atoms with Crippen molar-refractivity contribution in [3.05, 3.63) is 34.3 Å². The monoisotopic (exact) mass is 310 g/mol. The van der Waals surface area contributed by atoms with Crippen LogP contribution in [0.1, 0.15) is 45.6 Å². The number of aliphatic hydroxyl groups is 1. The van der Waals surface area contributed by atoms with Crippen molar-refractivity contribution in [2.75, 3.05) is 0 Å². The third-order valence-electron chi connectivity index (χ3n) is 4.43. The second kappa shape index (κ2) is 4.97. The number of hydrogen-bond donors (Lipinski definition) is 1. The zero-order chi connectivity index (χ0) is 13.4. The van der Waals surface area contributed by atoms with E-state index < -0.39 is 5.60 Å². The number of halogens is 1. The Morgan fingerprint density at radius 2 is 1.83 bits per heavy atom. The summed E-state index contributed by atoms with van der Waals surface area (Å²) in [7, 11) is 0. The van der Waals surface area contributed by atoms with E-state index in [1.54, 1.807) is 0 Å². The van der Waals surface area contributed by atoms with Crippen LogP contribution in [0, 0.1) is 11.3 Å². The molecule has 2 rings (SSSR count). The van der Waals surface area contributed by atoms with Crippen molar-refractivity contribution < 1.29 is 5.11 Å². The average molecular weight is 311 g/mol. The van der Waals surface area contributed by atoms with Crippen molar-refractivity contribution in [3.8, 4) is 0 Å². The van der Waals surface area contributed by atoms with E-state index in [1.165, 1.54) is 5.56 Å². The van der Waals surface area contributed by atoms with Crippen LogP contribution < -0.4 is 0 Å². The molecular weight excluding hydrogens is 288 g/mol. The van der Waals surface area contributed by atoms with Gasteiger partial charge in [0.1, 0.15) is 0 Å². The van der Waals surface area contributed by atoms with Gasteiger partial charge >= 0.3 is 0 Å². The van der Waals surface area contributed by atoms with Gasteiger partial charge in [-0.25, -0.2) is 0 Å². The Morgan fingerprint density at radius 1 is 1.22 bits per heavy atom. The van der Waals surface area contributed by atoms with E-state index >= 15 is 0 Å². The highest BCUT2D eigenvalue weighted by Crippen LogP contribution is 2.45. The van der Waals surface area contributed by atoms with Crippen molar-refractivity contribution in [1.82, 2.24) is 0 Å². The fourth-order valence-electron chi connectivity index (χ4n) is 3.14. The van der Waals surface area contributed by atoms with Crippen LogP contribution >= 0.6 is 15.9 Å². The summed E-state index contributed by atoms with van der Waals surface area (Å²) in [5.41, 5.74) is 1.08. The molecule has 100 valence electrons. The second-order valence-electron chi connectivity index (χ2n) is 6.68. The van der Waals surface area contributed by atoms with Crippen molar-refractivity contribution in [1.29, 1.82) is 0 Å². The van der Waals surface area contributed by atoms with Gasteiger partial charge in [-0.2, -0.15) is 0 Å². The fourth-order valence-corrected chi connectivity index (χ4v) is 3.40. The van der Waals surface area contributed by atoms with Gasteiger partial charge in [-0.05, 0) is 48.3 Å². The largest absolute Gasteiger partial charge is 0.389 e. The zero-order valence-electron chi connectivity index (χ0n) is 11.5. The molecule has 1 aromatic rings. The molecule has 0 bridgehead atoms. The highest BCUT2D eigenvalue weighted by molar-refractivity contribution is 9.10. The smallest absolute Gasteiger partial charge is 0.0713 e. The molecule has 1 aliphatic rings. The third-order valence-corrected chi connectivity index (χ3v) is 4.96. The minimum absolute atomic E-state index is 0.366. The van der Waals surface area contributed by atoms with Crippen LogP contribution in [0.15, 0.2) is 28.7 Å². The van der Waals surface area contributed by atoms with E-state index in [2.05, 4.69) is 61.0 Å². The topological polar surface area (TPSA) is 20.2 Å². The Hall–Kier alpha value is -0.340. The molecule has 2 unspecified atom stereocenters. The van der Waals surface area contributed by atoms with Crippen LogP contribution in [0.3, 0.4) is 0 Å². The molecule has 0 aliphatic heterocycles. The summed E-state index contributed by atoms with van der Waals surface area (Å²) in [5, 5.41) is 10.9. The van der Waals surface area contributed by atoms with E-state index in [0.717, 1.165) is 30.2 Å². The van der Waals surface area contributed by atoms with Gasteiger partial charge in [-0.1, -0.05) is 48.8 Å². The van der Waals surface area contributed by atoms with Gasteiger partial charge < -0.3 is 5.11 Å². The minimum Gasteiger partial charge on any atom is -0.389 e. The van der Waals surface area contributed by atoms with Crippen LogP contribution in [-0.2, 0) is 6.42 Å². The maximum Gasteiger partial charge on any atom is 0.0713 e.